The van der Waals surface area contributed by atoms with Crippen LogP contribution in [-0.4, -0.2) is 16.9 Å². The van der Waals surface area contributed by atoms with Crippen molar-refractivity contribution >= 4 is 11.8 Å². The maximum absolute atomic E-state index is 11.0. The van der Waals surface area contributed by atoms with Crippen LogP contribution in [0.1, 0.15) is 40.0 Å². The highest BCUT2D eigenvalue weighted by atomic mass is 16.4. The fraction of sp³-hybridized carbons (Fsp3) is 0.800. The Kier molecular flexibility index (Phi) is 5.35. The van der Waals surface area contributed by atoms with Crippen LogP contribution >= 0.6 is 0 Å². The Hall–Kier alpha value is -0.860. The average molecular weight is 186 g/mol. The molecule has 0 aromatic carbocycles. The van der Waals surface area contributed by atoms with Crippen LogP contribution in [0.4, 0.5) is 0 Å². The molecule has 0 fully saturated rings. The smallest absolute Gasteiger partial charge is 0.303 e. The molecule has 3 nitrogen and oxygen atoms in total. The second-order valence-corrected chi connectivity index (χ2v) is 3.55. The lowest BCUT2D eigenvalue weighted by atomic mass is 9.85. The lowest BCUT2D eigenvalue weighted by Crippen LogP contribution is -2.21. The summed E-state index contributed by atoms with van der Waals surface area (Å²) in [4.78, 5) is 21.5. The number of carboxylic acids is 1. The third-order valence-corrected chi connectivity index (χ3v) is 2.44. The normalized spacial score (nSPS) is 15.0. The van der Waals surface area contributed by atoms with E-state index >= 15 is 0 Å². The molecule has 0 aliphatic carbocycles. The summed E-state index contributed by atoms with van der Waals surface area (Å²) in [6, 6.07) is 0. The van der Waals surface area contributed by atoms with Gasteiger partial charge in [-0.15, -0.1) is 0 Å². The number of aliphatic carboxylic acids is 1. The zero-order chi connectivity index (χ0) is 10.4. The van der Waals surface area contributed by atoms with E-state index in [2.05, 4.69) is 0 Å². The first kappa shape index (κ1) is 12.1. The van der Waals surface area contributed by atoms with Crippen molar-refractivity contribution in [3.63, 3.8) is 0 Å². The van der Waals surface area contributed by atoms with Crippen LogP contribution in [0, 0.1) is 11.8 Å². The largest absolute Gasteiger partial charge is 0.481 e. The van der Waals surface area contributed by atoms with Gasteiger partial charge in [-0.3, -0.25) is 9.59 Å². The maximum Gasteiger partial charge on any atom is 0.303 e. The topological polar surface area (TPSA) is 54.4 Å². The number of hydrogen-bond acceptors (Lipinski definition) is 2. The molecule has 1 N–H and O–H groups in total. The van der Waals surface area contributed by atoms with Gasteiger partial charge in [-0.2, -0.15) is 0 Å². The third-order valence-electron chi connectivity index (χ3n) is 2.44. The summed E-state index contributed by atoms with van der Waals surface area (Å²) >= 11 is 0. The summed E-state index contributed by atoms with van der Waals surface area (Å²) in [5.74, 6) is -0.859. The second-order valence-electron chi connectivity index (χ2n) is 3.55. The molecule has 0 saturated heterocycles. The van der Waals surface area contributed by atoms with Crippen LogP contribution in [-0.2, 0) is 9.59 Å². The third kappa shape index (κ3) is 4.65. The number of rotatable bonds is 6. The van der Waals surface area contributed by atoms with Crippen molar-refractivity contribution in [3.05, 3.63) is 0 Å². The zero-order valence-corrected chi connectivity index (χ0v) is 8.54. The predicted octanol–water partition coefficient (Wildman–Crippen LogP) is 2.10. The quantitative estimate of drug-likeness (QED) is 0.691. The first-order valence-corrected chi connectivity index (χ1v) is 4.71. The molecule has 3 heteroatoms. The van der Waals surface area contributed by atoms with Gasteiger partial charge in [0.15, 0.2) is 0 Å². The molecule has 13 heavy (non-hydrogen) atoms. The molecule has 0 aromatic rings. The Labute approximate surface area is 79.1 Å². The van der Waals surface area contributed by atoms with Gasteiger partial charge in [-0.25, -0.2) is 0 Å². The molecular formula is C10H18O3. The summed E-state index contributed by atoms with van der Waals surface area (Å²) < 4.78 is 0. The van der Waals surface area contributed by atoms with Gasteiger partial charge in [0, 0.05) is 12.3 Å². The van der Waals surface area contributed by atoms with Crippen molar-refractivity contribution in [2.45, 2.75) is 40.0 Å². The fourth-order valence-electron chi connectivity index (χ4n) is 1.46. The highest BCUT2D eigenvalue weighted by Gasteiger charge is 2.22. The van der Waals surface area contributed by atoms with Crippen molar-refractivity contribution in [2.75, 3.05) is 0 Å². The SMILES string of the molecule is CCCC(CC(=O)O)C(C)C(C)=O. The standard InChI is InChI=1S/C10H18O3/c1-4-5-9(6-10(12)13)7(2)8(3)11/h7,9H,4-6H2,1-3H3,(H,12,13). The molecule has 2 atom stereocenters. The Morgan fingerprint density at radius 2 is 1.92 bits per heavy atom. The van der Waals surface area contributed by atoms with Crippen molar-refractivity contribution in [3.8, 4) is 0 Å². The highest BCUT2D eigenvalue weighted by Crippen LogP contribution is 2.21. The van der Waals surface area contributed by atoms with E-state index in [1.807, 2.05) is 13.8 Å². The molecule has 0 spiro atoms. The van der Waals surface area contributed by atoms with Crippen LogP contribution in [0.15, 0.2) is 0 Å². The van der Waals surface area contributed by atoms with Crippen molar-refractivity contribution in [2.24, 2.45) is 11.8 Å². The van der Waals surface area contributed by atoms with E-state index in [4.69, 9.17) is 5.11 Å². The van der Waals surface area contributed by atoms with Gasteiger partial charge in [0.25, 0.3) is 0 Å². The van der Waals surface area contributed by atoms with E-state index in [0.717, 1.165) is 12.8 Å². The number of Topliss-reactive ketones (excluding diaryl/α,β-unsaturated/α-hetero) is 1. The molecular weight excluding hydrogens is 168 g/mol. The van der Waals surface area contributed by atoms with E-state index in [1.165, 1.54) is 6.92 Å². The van der Waals surface area contributed by atoms with Crippen LogP contribution < -0.4 is 0 Å². The molecule has 0 aliphatic rings. The number of carboxylic acid groups (broad SMARTS) is 1. The predicted molar refractivity (Wildman–Crippen MR) is 50.5 cm³/mol. The summed E-state index contributed by atoms with van der Waals surface area (Å²) in [6.45, 7) is 5.34. The van der Waals surface area contributed by atoms with Crippen molar-refractivity contribution < 1.29 is 14.7 Å². The lowest BCUT2D eigenvalue weighted by molar-refractivity contribution is -0.139. The first-order valence-electron chi connectivity index (χ1n) is 4.71. The van der Waals surface area contributed by atoms with Crippen molar-refractivity contribution in [1.29, 1.82) is 0 Å². The van der Waals surface area contributed by atoms with Gasteiger partial charge in [0.1, 0.15) is 5.78 Å². The summed E-state index contributed by atoms with van der Waals surface area (Å²) in [6.07, 6.45) is 1.84. The van der Waals surface area contributed by atoms with E-state index in [-0.39, 0.29) is 24.0 Å². The zero-order valence-electron chi connectivity index (χ0n) is 8.54. The molecule has 0 radical (unpaired) electrons. The molecule has 0 heterocycles. The van der Waals surface area contributed by atoms with E-state index in [9.17, 15) is 9.59 Å². The van der Waals surface area contributed by atoms with Gasteiger partial charge in [0.05, 0.1) is 0 Å². The number of carbonyl (C=O) groups is 2. The Morgan fingerprint density at radius 3 is 2.23 bits per heavy atom. The van der Waals surface area contributed by atoms with Gasteiger partial charge >= 0.3 is 5.97 Å². The van der Waals surface area contributed by atoms with Gasteiger partial charge in [-0.1, -0.05) is 20.3 Å². The molecule has 0 bridgehead atoms. The molecule has 0 aliphatic heterocycles. The van der Waals surface area contributed by atoms with Gasteiger partial charge in [-0.05, 0) is 19.3 Å². The van der Waals surface area contributed by atoms with E-state index in [0.29, 0.717) is 0 Å². The monoisotopic (exact) mass is 186 g/mol. The molecule has 0 amide bonds. The number of carbonyl (C=O) groups excluding carboxylic acids is 1. The van der Waals surface area contributed by atoms with Crippen molar-refractivity contribution in [1.82, 2.24) is 0 Å². The highest BCUT2D eigenvalue weighted by molar-refractivity contribution is 5.79. The minimum absolute atomic E-state index is 0.000000000000000222. The minimum Gasteiger partial charge on any atom is -0.481 e. The van der Waals surface area contributed by atoms with E-state index < -0.39 is 5.97 Å². The minimum atomic E-state index is -0.813. The molecule has 2 unspecified atom stereocenters. The molecule has 0 aromatic heterocycles. The van der Waals surface area contributed by atoms with Crippen LogP contribution in [0.25, 0.3) is 0 Å². The summed E-state index contributed by atoms with van der Waals surface area (Å²) in [7, 11) is 0. The number of ketones is 1. The van der Waals surface area contributed by atoms with Gasteiger partial charge < -0.3 is 5.11 Å². The van der Waals surface area contributed by atoms with Crippen LogP contribution in [0.2, 0.25) is 0 Å². The molecule has 0 rings (SSSR count). The summed E-state index contributed by atoms with van der Waals surface area (Å²) in [5, 5.41) is 8.63. The average Bonchev–Trinajstić information content (AvgIpc) is 2.01. The Bertz CT molecular complexity index is 187. The Balaban J connectivity index is 4.22. The molecule has 76 valence electrons. The second kappa shape index (κ2) is 5.73. The van der Waals surface area contributed by atoms with Crippen LogP contribution in [0.5, 0.6) is 0 Å². The fourth-order valence-corrected chi connectivity index (χ4v) is 1.46. The summed E-state index contributed by atoms with van der Waals surface area (Å²) in [5.41, 5.74) is 0. The van der Waals surface area contributed by atoms with Crippen LogP contribution in [0.3, 0.4) is 0 Å². The van der Waals surface area contributed by atoms with E-state index in [1.54, 1.807) is 0 Å². The maximum atomic E-state index is 11.0. The van der Waals surface area contributed by atoms with Gasteiger partial charge in [0.2, 0.25) is 0 Å². The molecule has 0 saturated carbocycles. The Morgan fingerprint density at radius 1 is 1.38 bits per heavy atom. The lowest BCUT2D eigenvalue weighted by Gasteiger charge is -2.19. The number of hydrogen-bond donors (Lipinski definition) is 1. The first-order chi connectivity index (χ1) is 5.99.